The Balaban J connectivity index is 2.59. The zero-order valence-corrected chi connectivity index (χ0v) is 9.45. The Kier molecular flexibility index (Phi) is 2.47. The molecule has 0 fully saturated rings. The molecule has 1 aromatic rings. The molecular weight excluding hydrogens is 214 g/mol. The van der Waals surface area contributed by atoms with Crippen molar-refractivity contribution in [1.29, 1.82) is 0 Å². The van der Waals surface area contributed by atoms with E-state index in [2.05, 4.69) is 14.9 Å². The van der Waals surface area contributed by atoms with Gasteiger partial charge in [-0.25, -0.2) is 13.1 Å². The van der Waals surface area contributed by atoms with Crippen LogP contribution in [0.25, 0.3) is 0 Å². The second-order valence-corrected chi connectivity index (χ2v) is 5.72. The molecule has 1 atom stereocenters. The Morgan fingerprint density at radius 3 is 2.93 bits per heavy atom. The third kappa shape index (κ3) is 1.74. The molecule has 1 unspecified atom stereocenters. The maximum absolute atomic E-state index is 11.7. The van der Waals surface area contributed by atoms with Crippen LogP contribution in [-0.4, -0.2) is 25.2 Å². The maximum Gasteiger partial charge on any atom is 0.242 e. The van der Waals surface area contributed by atoms with E-state index in [1.54, 1.807) is 0 Å². The Morgan fingerprint density at radius 2 is 2.27 bits per heavy atom. The third-order valence-electron chi connectivity index (χ3n) is 2.65. The molecule has 1 aliphatic heterocycles. The van der Waals surface area contributed by atoms with Crippen molar-refractivity contribution in [1.82, 2.24) is 14.9 Å². The largest absolute Gasteiger partial charge is 0.242 e. The van der Waals surface area contributed by atoms with Gasteiger partial charge in [-0.3, -0.25) is 0 Å². The van der Waals surface area contributed by atoms with Gasteiger partial charge in [0.15, 0.2) is 0 Å². The first-order valence-corrected chi connectivity index (χ1v) is 6.32. The summed E-state index contributed by atoms with van der Waals surface area (Å²) in [4.78, 5) is 0.266. The number of nitrogens with one attached hydrogen (secondary N) is 1. The van der Waals surface area contributed by atoms with Crippen molar-refractivity contribution in [3.05, 3.63) is 18.0 Å². The van der Waals surface area contributed by atoms with Crippen molar-refractivity contribution in [2.75, 3.05) is 6.54 Å². The monoisotopic (exact) mass is 227 g/mol. The molecule has 0 bridgehead atoms. The molecule has 1 N–H and O–H groups in total. The predicted molar refractivity (Wildman–Crippen MR) is 54.8 cm³/mol. The summed E-state index contributed by atoms with van der Waals surface area (Å²) >= 11 is 0. The summed E-state index contributed by atoms with van der Waals surface area (Å²) in [5.41, 5.74) is 0.589. The standard InChI is InChI=1S/C9H13N3O2S/c1-6(2)7-5-11-15(13,14)8-3-4-10-12-9(7)8/h3-4,6-7,11H,5H2,1-2H3. The van der Waals surface area contributed by atoms with E-state index < -0.39 is 10.0 Å². The molecule has 0 saturated carbocycles. The van der Waals surface area contributed by atoms with Gasteiger partial charge in [-0.05, 0) is 12.0 Å². The molecule has 15 heavy (non-hydrogen) atoms. The van der Waals surface area contributed by atoms with Gasteiger partial charge in [0.1, 0.15) is 4.90 Å². The number of fused-ring (bicyclic) bond motifs is 1. The minimum atomic E-state index is -3.36. The minimum absolute atomic E-state index is 0.109. The summed E-state index contributed by atoms with van der Waals surface area (Å²) in [6, 6.07) is 1.50. The number of sulfonamides is 1. The first kappa shape index (κ1) is 10.5. The molecule has 0 amide bonds. The Bertz CT molecular complexity index is 470. The summed E-state index contributed by atoms with van der Waals surface area (Å²) in [5, 5.41) is 7.70. The molecule has 5 nitrogen and oxygen atoms in total. The first-order chi connectivity index (χ1) is 7.02. The third-order valence-corrected chi connectivity index (χ3v) is 4.12. The van der Waals surface area contributed by atoms with Gasteiger partial charge in [0.2, 0.25) is 10.0 Å². The van der Waals surface area contributed by atoms with Gasteiger partial charge in [-0.1, -0.05) is 13.8 Å². The van der Waals surface area contributed by atoms with Crippen LogP contribution >= 0.6 is 0 Å². The minimum Gasteiger partial charge on any atom is -0.210 e. The summed E-state index contributed by atoms with van der Waals surface area (Å²) in [7, 11) is -3.36. The second-order valence-electron chi connectivity index (χ2n) is 3.98. The quantitative estimate of drug-likeness (QED) is 0.758. The van der Waals surface area contributed by atoms with Crippen LogP contribution < -0.4 is 4.72 Å². The van der Waals surface area contributed by atoms with Crippen molar-refractivity contribution < 1.29 is 8.42 Å². The van der Waals surface area contributed by atoms with Gasteiger partial charge in [-0.15, -0.1) is 0 Å². The van der Waals surface area contributed by atoms with Crippen LogP contribution in [0.5, 0.6) is 0 Å². The molecule has 82 valence electrons. The van der Waals surface area contributed by atoms with Crippen LogP contribution in [0.2, 0.25) is 0 Å². The summed E-state index contributed by atoms with van der Waals surface area (Å²) in [6.07, 6.45) is 1.40. The van der Waals surface area contributed by atoms with Crippen molar-refractivity contribution in [2.45, 2.75) is 24.7 Å². The summed E-state index contributed by atoms with van der Waals surface area (Å²) < 4.78 is 25.9. The second kappa shape index (κ2) is 3.53. The van der Waals surface area contributed by atoms with Gasteiger partial charge in [0.05, 0.1) is 11.9 Å². The lowest BCUT2D eigenvalue weighted by Gasteiger charge is -2.26. The van der Waals surface area contributed by atoms with E-state index in [9.17, 15) is 8.42 Å². The van der Waals surface area contributed by atoms with Gasteiger partial charge >= 0.3 is 0 Å². The molecule has 0 saturated heterocycles. The van der Waals surface area contributed by atoms with Crippen molar-refractivity contribution >= 4 is 10.0 Å². The van der Waals surface area contributed by atoms with Crippen LogP contribution in [0.1, 0.15) is 25.5 Å². The average molecular weight is 227 g/mol. The van der Waals surface area contributed by atoms with Crippen LogP contribution in [0.15, 0.2) is 17.2 Å². The molecule has 2 heterocycles. The molecular formula is C9H13N3O2S. The normalized spacial score (nSPS) is 23.8. The van der Waals surface area contributed by atoms with E-state index in [0.717, 1.165) is 0 Å². The highest BCUT2D eigenvalue weighted by Gasteiger charge is 2.32. The Hall–Kier alpha value is -1.01. The number of nitrogens with zero attached hydrogens (tertiary/aromatic N) is 2. The molecule has 0 aliphatic carbocycles. The van der Waals surface area contributed by atoms with E-state index in [0.29, 0.717) is 18.2 Å². The van der Waals surface area contributed by atoms with E-state index in [4.69, 9.17) is 0 Å². The molecule has 0 spiro atoms. The van der Waals surface area contributed by atoms with Crippen LogP contribution in [0.4, 0.5) is 0 Å². The summed E-state index contributed by atoms with van der Waals surface area (Å²) in [5.74, 6) is 0.445. The number of rotatable bonds is 1. The van der Waals surface area contributed by atoms with Crippen LogP contribution in [-0.2, 0) is 10.0 Å². The van der Waals surface area contributed by atoms with Crippen molar-refractivity contribution in [3.63, 3.8) is 0 Å². The highest BCUT2D eigenvalue weighted by atomic mass is 32.2. The van der Waals surface area contributed by atoms with E-state index >= 15 is 0 Å². The van der Waals surface area contributed by atoms with Crippen molar-refractivity contribution in [3.8, 4) is 0 Å². The highest BCUT2D eigenvalue weighted by molar-refractivity contribution is 7.89. The lowest BCUT2D eigenvalue weighted by atomic mass is 9.92. The topological polar surface area (TPSA) is 72.0 Å². The van der Waals surface area contributed by atoms with Gasteiger partial charge in [-0.2, -0.15) is 10.2 Å². The lowest BCUT2D eigenvalue weighted by molar-refractivity contribution is 0.449. The molecule has 0 aromatic carbocycles. The van der Waals surface area contributed by atoms with E-state index in [-0.39, 0.29) is 10.8 Å². The zero-order valence-electron chi connectivity index (χ0n) is 8.64. The van der Waals surface area contributed by atoms with E-state index in [1.165, 1.54) is 12.3 Å². The van der Waals surface area contributed by atoms with Gasteiger partial charge in [0.25, 0.3) is 0 Å². The molecule has 1 aromatic heterocycles. The number of aromatic nitrogens is 2. The van der Waals surface area contributed by atoms with Crippen LogP contribution in [0.3, 0.4) is 0 Å². The number of hydrogen-bond donors (Lipinski definition) is 1. The van der Waals surface area contributed by atoms with Crippen LogP contribution in [0, 0.1) is 5.92 Å². The molecule has 0 radical (unpaired) electrons. The fraction of sp³-hybridized carbons (Fsp3) is 0.556. The molecule has 2 rings (SSSR count). The fourth-order valence-electron chi connectivity index (χ4n) is 1.74. The van der Waals surface area contributed by atoms with E-state index in [1.807, 2.05) is 13.8 Å². The number of hydrogen-bond acceptors (Lipinski definition) is 4. The first-order valence-electron chi connectivity index (χ1n) is 4.83. The zero-order chi connectivity index (χ0) is 11.1. The fourth-order valence-corrected chi connectivity index (χ4v) is 3.00. The molecule has 1 aliphatic rings. The Labute approximate surface area is 89.0 Å². The summed E-state index contributed by atoms with van der Waals surface area (Å²) in [6.45, 7) is 4.50. The van der Waals surface area contributed by atoms with Crippen molar-refractivity contribution in [2.24, 2.45) is 5.92 Å². The van der Waals surface area contributed by atoms with Gasteiger partial charge < -0.3 is 0 Å². The smallest absolute Gasteiger partial charge is 0.210 e. The average Bonchev–Trinajstić information content (AvgIpc) is 2.17. The maximum atomic E-state index is 11.7. The SMILES string of the molecule is CC(C)C1CNS(=O)(=O)c2ccnnc21. The molecule has 6 heteroatoms. The predicted octanol–water partition coefficient (Wildman–Crippen LogP) is 0.508. The Morgan fingerprint density at radius 1 is 1.53 bits per heavy atom. The van der Waals surface area contributed by atoms with Gasteiger partial charge in [0, 0.05) is 12.5 Å². The highest BCUT2D eigenvalue weighted by Crippen LogP contribution is 2.30. The lowest BCUT2D eigenvalue weighted by Crippen LogP contribution is -2.37.